The molecular weight excluding hydrogens is 534 g/mol. The summed E-state index contributed by atoms with van der Waals surface area (Å²) in [6.45, 7) is 4.33. The number of benzene rings is 2. The van der Waals surface area contributed by atoms with Crippen molar-refractivity contribution in [3.05, 3.63) is 64.7 Å². The first-order valence-corrected chi connectivity index (χ1v) is 16.3. The van der Waals surface area contributed by atoms with Crippen LogP contribution < -0.4 is 9.62 Å². The molecule has 0 aliphatic heterocycles. The first-order valence-electron chi connectivity index (χ1n) is 14.0. The highest BCUT2D eigenvalue weighted by atomic mass is 35.5. The van der Waals surface area contributed by atoms with Crippen molar-refractivity contribution in [2.24, 2.45) is 0 Å². The average Bonchev–Trinajstić information content (AvgIpc) is 2.92. The van der Waals surface area contributed by atoms with E-state index in [9.17, 15) is 18.0 Å². The lowest BCUT2D eigenvalue weighted by atomic mass is 9.95. The second-order valence-electron chi connectivity index (χ2n) is 10.3. The summed E-state index contributed by atoms with van der Waals surface area (Å²) >= 11 is 6.43. The second-order valence-corrected chi connectivity index (χ2v) is 12.7. The van der Waals surface area contributed by atoms with E-state index in [0.717, 1.165) is 43.2 Å². The van der Waals surface area contributed by atoms with Crippen LogP contribution in [-0.2, 0) is 32.6 Å². The van der Waals surface area contributed by atoms with Gasteiger partial charge in [-0.3, -0.25) is 13.9 Å². The molecule has 39 heavy (non-hydrogen) atoms. The van der Waals surface area contributed by atoms with Gasteiger partial charge in [0.05, 0.1) is 11.9 Å². The Morgan fingerprint density at radius 2 is 1.69 bits per heavy atom. The maximum atomic E-state index is 13.6. The van der Waals surface area contributed by atoms with Gasteiger partial charge in [-0.05, 0) is 61.4 Å². The summed E-state index contributed by atoms with van der Waals surface area (Å²) in [5, 5.41) is 3.72. The van der Waals surface area contributed by atoms with Crippen molar-refractivity contribution < 1.29 is 18.0 Å². The van der Waals surface area contributed by atoms with Gasteiger partial charge in [-0.25, -0.2) is 8.42 Å². The summed E-state index contributed by atoms with van der Waals surface area (Å²) in [6, 6.07) is 14.3. The molecule has 7 nitrogen and oxygen atoms in total. The largest absolute Gasteiger partial charge is 0.352 e. The van der Waals surface area contributed by atoms with Gasteiger partial charge >= 0.3 is 0 Å². The Balaban J connectivity index is 1.75. The highest BCUT2D eigenvalue weighted by Crippen LogP contribution is 2.23. The van der Waals surface area contributed by atoms with Crippen molar-refractivity contribution in [2.45, 2.75) is 90.3 Å². The third kappa shape index (κ3) is 8.97. The molecule has 0 heterocycles. The molecule has 2 amide bonds. The molecule has 0 saturated heterocycles. The van der Waals surface area contributed by atoms with Crippen LogP contribution in [0.2, 0.25) is 5.02 Å². The quantitative estimate of drug-likeness (QED) is 0.332. The molecule has 2 aromatic rings. The van der Waals surface area contributed by atoms with E-state index in [1.165, 1.54) is 17.0 Å². The fourth-order valence-corrected chi connectivity index (χ4v) is 6.34. The third-order valence-corrected chi connectivity index (χ3v) is 8.98. The van der Waals surface area contributed by atoms with Gasteiger partial charge in [0.25, 0.3) is 0 Å². The molecule has 1 N–H and O–H groups in total. The standard InChI is InChI=1S/C30H42ClN3O4S/c1-4-23-17-19-26(20-18-23)34(39(3,37)38)21-11-16-29(35)33(22-24-12-9-10-15-27(24)31)28(5-2)30(36)32-25-13-7-6-8-14-25/h9-10,12,15,17-20,25,28H,4-8,11,13-14,16,21-22H2,1-3H3,(H,32,36). The van der Waals surface area contributed by atoms with Gasteiger partial charge in [0.1, 0.15) is 6.04 Å². The molecule has 1 fully saturated rings. The van der Waals surface area contributed by atoms with Crippen LogP contribution in [0.5, 0.6) is 0 Å². The summed E-state index contributed by atoms with van der Waals surface area (Å²) in [5.41, 5.74) is 2.47. The zero-order valence-corrected chi connectivity index (χ0v) is 24.9. The molecule has 1 aliphatic carbocycles. The molecule has 0 spiro atoms. The summed E-state index contributed by atoms with van der Waals surface area (Å²) in [5.74, 6) is -0.339. The summed E-state index contributed by atoms with van der Waals surface area (Å²) < 4.78 is 26.5. The molecular formula is C30H42ClN3O4S. The minimum Gasteiger partial charge on any atom is -0.352 e. The maximum Gasteiger partial charge on any atom is 0.243 e. The number of rotatable bonds is 13. The van der Waals surface area contributed by atoms with Crippen LogP contribution in [-0.4, -0.2) is 50.0 Å². The van der Waals surface area contributed by atoms with E-state index in [-0.39, 0.29) is 37.4 Å². The number of anilines is 1. The molecule has 1 aliphatic rings. The van der Waals surface area contributed by atoms with Crippen LogP contribution in [0.15, 0.2) is 48.5 Å². The Morgan fingerprint density at radius 1 is 1.03 bits per heavy atom. The van der Waals surface area contributed by atoms with Crippen molar-refractivity contribution >= 4 is 39.1 Å². The van der Waals surface area contributed by atoms with Crippen molar-refractivity contribution in [3.63, 3.8) is 0 Å². The number of hydrogen-bond donors (Lipinski definition) is 1. The minimum atomic E-state index is -3.53. The summed E-state index contributed by atoms with van der Waals surface area (Å²) in [7, 11) is -3.53. The molecule has 214 valence electrons. The SMILES string of the molecule is CCc1ccc(N(CCCC(=O)N(Cc2ccccc2Cl)C(CC)C(=O)NC2CCCCC2)S(C)(=O)=O)cc1. The fraction of sp³-hybridized carbons (Fsp3) is 0.533. The second kappa shape index (κ2) is 14.7. The topological polar surface area (TPSA) is 86.8 Å². The first kappa shape index (κ1) is 31.0. The lowest BCUT2D eigenvalue weighted by molar-refractivity contribution is -0.141. The van der Waals surface area contributed by atoms with Crippen molar-refractivity contribution in [2.75, 3.05) is 17.1 Å². The fourth-order valence-electron chi connectivity index (χ4n) is 5.18. The Kier molecular flexibility index (Phi) is 11.7. The van der Waals surface area contributed by atoms with Gasteiger partial charge in [-0.2, -0.15) is 0 Å². The average molecular weight is 576 g/mol. The number of halogens is 1. The molecule has 1 unspecified atom stereocenters. The van der Waals surface area contributed by atoms with Crippen LogP contribution in [0, 0.1) is 0 Å². The number of carbonyl (C=O) groups excluding carboxylic acids is 2. The van der Waals surface area contributed by atoms with E-state index in [1.807, 2.05) is 44.2 Å². The van der Waals surface area contributed by atoms with Crippen LogP contribution in [0.3, 0.4) is 0 Å². The van der Waals surface area contributed by atoms with E-state index >= 15 is 0 Å². The summed E-state index contributed by atoms with van der Waals surface area (Å²) in [4.78, 5) is 28.6. The highest BCUT2D eigenvalue weighted by molar-refractivity contribution is 7.92. The Morgan fingerprint density at radius 3 is 2.28 bits per heavy atom. The molecule has 0 radical (unpaired) electrons. The number of carbonyl (C=O) groups is 2. The Bertz CT molecular complexity index is 1200. The number of nitrogens with one attached hydrogen (secondary N) is 1. The molecule has 9 heteroatoms. The first-order chi connectivity index (χ1) is 18.6. The Labute approximate surface area is 239 Å². The number of aryl methyl sites for hydroxylation is 1. The molecule has 0 aromatic heterocycles. The van der Waals surface area contributed by atoms with Crippen molar-refractivity contribution in [3.8, 4) is 0 Å². The smallest absolute Gasteiger partial charge is 0.243 e. The molecule has 2 aromatic carbocycles. The zero-order valence-electron chi connectivity index (χ0n) is 23.4. The number of amides is 2. The van der Waals surface area contributed by atoms with Gasteiger partial charge in [-0.15, -0.1) is 0 Å². The van der Waals surface area contributed by atoms with E-state index < -0.39 is 16.1 Å². The molecule has 1 atom stereocenters. The van der Waals surface area contributed by atoms with Gasteiger partial charge in [0, 0.05) is 30.6 Å². The van der Waals surface area contributed by atoms with E-state index in [1.54, 1.807) is 23.1 Å². The van der Waals surface area contributed by atoms with Crippen LogP contribution in [0.4, 0.5) is 5.69 Å². The van der Waals surface area contributed by atoms with Gasteiger partial charge < -0.3 is 10.2 Å². The predicted molar refractivity (Wildman–Crippen MR) is 158 cm³/mol. The van der Waals surface area contributed by atoms with Crippen LogP contribution >= 0.6 is 11.6 Å². The lowest BCUT2D eigenvalue weighted by Gasteiger charge is -2.33. The predicted octanol–water partition coefficient (Wildman–Crippen LogP) is 5.70. The molecule has 0 bridgehead atoms. The molecule has 3 rings (SSSR count). The van der Waals surface area contributed by atoms with Crippen LogP contribution in [0.1, 0.15) is 76.3 Å². The maximum absolute atomic E-state index is 13.6. The third-order valence-electron chi connectivity index (χ3n) is 7.42. The zero-order chi connectivity index (χ0) is 28.4. The normalized spacial score (nSPS) is 15.0. The van der Waals surface area contributed by atoms with Crippen molar-refractivity contribution in [1.82, 2.24) is 10.2 Å². The monoisotopic (exact) mass is 575 g/mol. The van der Waals surface area contributed by atoms with Gasteiger partial charge in [0.2, 0.25) is 21.8 Å². The number of hydrogen-bond acceptors (Lipinski definition) is 4. The lowest BCUT2D eigenvalue weighted by Crippen LogP contribution is -2.51. The summed E-state index contributed by atoms with van der Waals surface area (Å²) in [6.07, 6.45) is 8.24. The van der Waals surface area contributed by atoms with E-state index in [4.69, 9.17) is 11.6 Å². The molecule has 1 saturated carbocycles. The van der Waals surface area contributed by atoms with Crippen LogP contribution in [0.25, 0.3) is 0 Å². The van der Waals surface area contributed by atoms with Gasteiger partial charge in [0.15, 0.2) is 0 Å². The number of sulfonamides is 1. The number of nitrogens with zero attached hydrogens (tertiary/aromatic N) is 2. The van der Waals surface area contributed by atoms with E-state index in [2.05, 4.69) is 5.32 Å². The van der Waals surface area contributed by atoms with Crippen molar-refractivity contribution in [1.29, 1.82) is 0 Å². The Hall–Kier alpha value is -2.58. The van der Waals surface area contributed by atoms with E-state index in [0.29, 0.717) is 23.6 Å². The van der Waals surface area contributed by atoms with Gasteiger partial charge in [-0.1, -0.05) is 75.0 Å². The highest BCUT2D eigenvalue weighted by Gasteiger charge is 2.30. The minimum absolute atomic E-state index is 0.108.